The molecule has 1 aromatic heterocycles. The van der Waals surface area contributed by atoms with Crippen molar-refractivity contribution in [3.05, 3.63) is 18.0 Å². The van der Waals surface area contributed by atoms with Gasteiger partial charge in [-0.25, -0.2) is 0 Å². The summed E-state index contributed by atoms with van der Waals surface area (Å²) in [5, 5.41) is 4.27. The first-order valence-electron chi connectivity index (χ1n) is 4.67. The van der Waals surface area contributed by atoms with Gasteiger partial charge in [0.25, 0.3) is 0 Å². The predicted octanol–water partition coefficient (Wildman–Crippen LogP) is 2.64. The quantitative estimate of drug-likeness (QED) is 0.664. The zero-order valence-corrected chi connectivity index (χ0v) is 8.83. The molecule has 1 heterocycles. The molecule has 0 aliphatic heterocycles. The fourth-order valence-corrected chi connectivity index (χ4v) is 0.990. The van der Waals surface area contributed by atoms with E-state index in [1.807, 2.05) is 31.8 Å². The molecule has 0 unspecified atom stereocenters. The molecule has 0 amide bonds. The zero-order chi connectivity index (χ0) is 9.56. The minimum Gasteiger partial charge on any atom is -0.276 e. The molecule has 0 saturated carbocycles. The second-order valence-electron chi connectivity index (χ2n) is 3.08. The maximum Gasteiger partial charge on any atom is 0.0627 e. The first-order valence-corrected chi connectivity index (χ1v) is 4.67. The Kier molecular flexibility index (Phi) is 5.43. The topological polar surface area (TPSA) is 17.8 Å². The minimum atomic E-state index is 0.704. The Hall–Kier alpha value is -0.790. The zero-order valence-electron chi connectivity index (χ0n) is 8.83. The Morgan fingerprint density at radius 2 is 2.00 bits per heavy atom. The van der Waals surface area contributed by atoms with E-state index in [-0.39, 0.29) is 0 Å². The molecule has 0 aliphatic rings. The van der Waals surface area contributed by atoms with Crippen molar-refractivity contribution < 1.29 is 0 Å². The average Bonchev–Trinajstić information content (AvgIpc) is 2.39. The van der Waals surface area contributed by atoms with Gasteiger partial charge in [0.05, 0.1) is 5.69 Å². The minimum absolute atomic E-state index is 0.704. The van der Waals surface area contributed by atoms with Crippen LogP contribution in [0.5, 0.6) is 0 Å². The van der Waals surface area contributed by atoms with Gasteiger partial charge in [-0.15, -0.1) is 0 Å². The maximum atomic E-state index is 4.27. The lowest BCUT2D eigenvalue weighted by Gasteiger charge is -1.98. The Labute approximate surface area is 75.6 Å². The van der Waals surface area contributed by atoms with Gasteiger partial charge in [0.1, 0.15) is 0 Å². The second-order valence-corrected chi connectivity index (χ2v) is 3.08. The summed E-state index contributed by atoms with van der Waals surface area (Å²) in [6.07, 6.45) is 3.07. The fraction of sp³-hybridized carbons (Fsp3) is 0.700. The molecule has 2 heteroatoms. The highest BCUT2D eigenvalue weighted by molar-refractivity contribution is 4.98. The van der Waals surface area contributed by atoms with Gasteiger partial charge in [-0.05, 0) is 18.4 Å². The number of rotatable bonds is 2. The van der Waals surface area contributed by atoms with Crippen molar-refractivity contribution in [3.8, 4) is 0 Å². The van der Waals surface area contributed by atoms with Gasteiger partial charge in [-0.3, -0.25) is 4.68 Å². The van der Waals surface area contributed by atoms with E-state index in [4.69, 9.17) is 0 Å². The third kappa shape index (κ3) is 4.16. The number of hydrogen-bond donors (Lipinski definition) is 0. The highest BCUT2D eigenvalue weighted by Gasteiger charge is 1.98. The lowest BCUT2D eigenvalue weighted by Crippen LogP contribution is -1.96. The molecule has 1 aromatic rings. The van der Waals surface area contributed by atoms with Crippen molar-refractivity contribution in [1.82, 2.24) is 9.78 Å². The van der Waals surface area contributed by atoms with Crippen LogP contribution in [0.3, 0.4) is 0 Å². The summed E-state index contributed by atoms with van der Waals surface area (Å²) in [7, 11) is 1.95. The summed E-state index contributed by atoms with van der Waals surface area (Å²) in [6.45, 7) is 8.41. The van der Waals surface area contributed by atoms with E-state index in [1.165, 1.54) is 5.69 Å². The van der Waals surface area contributed by atoms with Crippen LogP contribution in [0.2, 0.25) is 0 Å². The second kappa shape index (κ2) is 5.81. The monoisotopic (exact) mass is 168 g/mol. The molecule has 0 saturated heterocycles. The summed E-state index contributed by atoms with van der Waals surface area (Å²) in [4.78, 5) is 0. The van der Waals surface area contributed by atoms with Gasteiger partial charge in [-0.1, -0.05) is 27.7 Å². The summed E-state index contributed by atoms with van der Waals surface area (Å²) in [6, 6.07) is 2.07. The normalized spacial score (nSPS) is 9.50. The summed E-state index contributed by atoms with van der Waals surface area (Å²) >= 11 is 0. The molecule has 0 N–H and O–H groups in total. The lowest BCUT2D eigenvalue weighted by molar-refractivity contribution is 0.620. The van der Waals surface area contributed by atoms with Crippen LogP contribution in [0.25, 0.3) is 0 Å². The highest BCUT2D eigenvalue weighted by Crippen LogP contribution is 2.03. The van der Waals surface area contributed by atoms with Crippen LogP contribution in [-0.4, -0.2) is 9.78 Å². The van der Waals surface area contributed by atoms with E-state index in [0.717, 1.165) is 6.42 Å². The van der Waals surface area contributed by atoms with Crippen LogP contribution < -0.4 is 0 Å². The number of hydrogen-bond acceptors (Lipinski definition) is 1. The van der Waals surface area contributed by atoms with E-state index in [1.54, 1.807) is 0 Å². The maximum absolute atomic E-state index is 4.27. The van der Waals surface area contributed by atoms with Crippen molar-refractivity contribution in [1.29, 1.82) is 0 Å². The van der Waals surface area contributed by atoms with Crippen LogP contribution in [0.1, 0.15) is 33.4 Å². The van der Waals surface area contributed by atoms with Gasteiger partial charge in [0.15, 0.2) is 0 Å². The average molecular weight is 168 g/mol. The van der Waals surface area contributed by atoms with Crippen LogP contribution >= 0.6 is 0 Å². The molecule has 70 valence electrons. The molecule has 0 atom stereocenters. The first kappa shape index (κ1) is 11.2. The Bertz CT molecular complexity index is 201. The molecule has 0 spiro atoms. The third-order valence-electron chi connectivity index (χ3n) is 1.39. The van der Waals surface area contributed by atoms with Crippen LogP contribution in [0, 0.1) is 5.92 Å². The van der Waals surface area contributed by atoms with Gasteiger partial charge in [0.2, 0.25) is 0 Å². The van der Waals surface area contributed by atoms with E-state index in [9.17, 15) is 0 Å². The largest absolute Gasteiger partial charge is 0.276 e. The van der Waals surface area contributed by atoms with Crippen molar-refractivity contribution in [3.63, 3.8) is 0 Å². The molecule has 1 rings (SSSR count). The lowest BCUT2D eigenvalue weighted by atomic mass is 10.1. The summed E-state index contributed by atoms with van der Waals surface area (Å²) in [5.41, 5.74) is 1.19. The SMILES string of the molecule is CC.CC(C)Cc1ccn(C)n1. The van der Waals surface area contributed by atoms with Gasteiger partial charge < -0.3 is 0 Å². The van der Waals surface area contributed by atoms with Gasteiger partial charge in [-0.2, -0.15) is 5.10 Å². The van der Waals surface area contributed by atoms with Gasteiger partial charge in [0, 0.05) is 13.2 Å². The van der Waals surface area contributed by atoms with E-state index >= 15 is 0 Å². The Morgan fingerprint density at radius 3 is 2.33 bits per heavy atom. The summed E-state index contributed by atoms with van der Waals surface area (Å²) < 4.78 is 1.84. The fourth-order valence-electron chi connectivity index (χ4n) is 0.990. The number of aryl methyl sites for hydroxylation is 1. The molecule has 0 fully saturated rings. The molecular formula is C10H20N2. The molecule has 2 nitrogen and oxygen atoms in total. The highest BCUT2D eigenvalue weighted by atomic mass is 15.2. The molecular weight excluding hydrogens is 148 g/mol. The standard InChI is InChI=1S/C8H14N2.C2H6/c1-7(2)6-8-4-5-10(3)9-8;1-2/h4-5,7H,6H2,1-3H3;1-2H3. The third-order valence-corrected chi connectivity index (χ3v) is 1.39. The summed E-state index contributed by atoms with van der Waals surface area (Å²) in [5.74, 6) is 0.704. The first-order chi connectivity index (χ1) is 5.68. The molecule has 12 heavy (non-hydrogen) atoms. The van der Waals surface area contributed by atoms with Crippen LogP contribution in [-0.2, 0) is 13.5 Å². The van der Waals surface area contributed by atoms with Crippen molar-refractivity contribution in [2.24, 2.45) is 13.0 Å². The van der Waals surface area contributed by atoms with Crippen LogP contribution in [0.15, 0.2) is 12.3 Å². The molecule has 0 radical (unpaired) electrons. The van der Waals surface area contributed by atoms with Crippen molar-refractivity contribution in [2.75, 3.05) is 0 Å². The molecule has 0 aliphatic carbocycles. The molecule has 0 bridgehead atoms. The van der Waals surface area contributed by atoms with Crippen molar-refractivity contribution in [2.45, 2.75) is 34.1 Å². The van der Waals surface area contributed by atoms with Gasteiger partial charge >= 0.3 is 0 Å². The molecule has 0 aromatic carbocycles. The number of nitrogens with zero attached hydrogens (tertiary/aromatic N) is 2. The smallest absolute Gasteiger partial charge is 0.0627 e. The Balaban J connectivity index is 0.000000561. The number of aromatic nitrogens is 2. The van der Waals surface area contributed by atoms with E-state index in [0.29, 0.717) is 5.92 Å². The van der Waals surface area contributed by atoms with Crippen molar-refractivity contribution >= 4 is 0 Å². The van der Waals surface area contributed by atoms with E-state index < -0.39 is 0 Å². The van der Waals surface area contributed by atoms with E-state index in [2.05, 4.69) is 25.0 Å². The predicted molar refractivity (Wildman–Crippen MR) is 53.1 cm³/mol. The Morgan fingerprint density at radius 1 is 1.42 bits per heavy atom. The van der Waals surface area contributed by atoms with Crippen LogP contribution in [0.4, 0.5) is 0 Å².